The topological polar surface area (TPSA) is 85.2 Å². The second-order valence-electron chi connectivity index (χ2n) is 2.74. The molecule has 1 heterocycles. The van der Waals surface area contributed by atoms with E-state index in [0.717, 1.165) is 0 Å². The molecule has 0 fully saturated rings. The SMILES string of the molecule is CN(CC(N)=O)c1cccc(N)n1. The highest BCUT2D eigenvalue weighted by atomic mass is 16.1. The summed E-state index contributed by atoms with van der Waals surface area (Å²) in [6, 6.07) is 5.22. The Morgan fingerprint density at radius 3 is 2.85 bits per heavy atom. The highest BCUT2D eigenvalue weighted by molar-refractivity contribution is 5.79. The molecule has 0 atom stereocenters. The molecule has 0 unspecified atom stereocenters. The number of anilines is 2. The van der Waals surface area contributed by atoms with Crippen LogP contribution < -0.4 is 16.4 Å². The minimum atomic E-state index is -0.397. The first-order chi connectivity index (χ1) is 6.09. The molecule has 1 aromatic heterocycles. The van der Waals surface area contributed by atoms with E-state index in [2.05, 4.69) is 4.98 Å². The molecule has 0 aliphatic heterocycles. The predicted octanol–water partition coefficient (Wildman–Crippen LogP) is -0.415. The molecular formula is C8H12N4O. The molecule has 0 radical (unpaired) electrons. The number of nitrogens with two attached hydrogens (primary N) is 2. The molecule has 0 bridgehead atoms. The molecular weight excluding hydrogens is 168 g/mol. The van der Waals surface area contributed by atoms with E-state index < -0.39 is 5.91 Å². The van der Waals surface area contributed by atoms with Crippen LogP contribution in [0.4, 0.5) is 11.6 Å². The maximum atomic E-state index is 10.6. The number of pyridine rings is 1. The van der Waals surface area contributed by atoms with Crippen LogP contribution >= 0.6 is 0 Å². The Morgan fingerprint density at radius 1 is 1.62 bits per heavy atom. The Balaban J connectivity index is 2.76. The van der Waals surface area contributed by atoms with Gasteiger partial charge in [0.1, 0.15) is 11.6 Å². The first-order valence-electron chi connectivity index (χ1n) is 3.81. The standard InChI is InChI=1S/C8H12N4O/c1-12(5-7(10)13)8-4-2-3-6(9)11-8/h2-4H,5H2,1H3,(H2,9,11)(H2,10,13). The fourth-order valence-corrected chi connectivity index (χ4v) is 0.967. The maximum absolute atomic E-state index is 10.6. The summed E-state index contributed by atoms with van der Waals surface area (Å²) < 4.78 is 0. The second kappa shape index (κ2) is 3.75. The highest BCUT2D eigenvalue weighted by Crippen LogP contribution is 2.09. The number of hydrogen-bond donors (Lipinski definition) is 2. The van der Waals surface area contributed by atoms with Crippen molar-refractivity contribution in [2.24, 2.45) is 5.73 Å². The average Bonchev–Trinajstić information content (AvgIpc) is 2.03. The van der Waals surface area contributed by atoms with Gasteiger partial charge < -0.3 is 16.4 Å². The summed E-state index contributed by atoms with van der Waals surface area (Å²) in [4.78, 5) is 16.2. The lowest BCUT2D eigenvalue weighted by Gasteiger charge is -2.15. The molecule has 5 heteroatoms. The van der Waals surface area contributed by atoms with Gasteiger partial charge in [-0.2, -0.15) is 0 Å². The monoisotopic (exact) mass is 180 g/mol. The van der Waals surface area contributed by atoms with Crippen molar-refractivity contribution in [1.29, 1.82) is 0 Å². The minimum absolute atomic E-state index is 0.135. The van der Waals surface area contributed by atoms with Crippen molar-refractivity contribution in [3.63, 3.8) is 0 Å². The van der Waals surface area contributed by atoms with Gasteiger partial charge in [0.2, 0.25) is 5.91 Å². The summed E-state index contributed by atoms with van der Waals surface area (Å²) in [5.74, 6) is 0.666. The zero-order chi connectivity index (χ0) is 9.84. The molecule has 4 N–H and O–H groups in total. The van der Waals surface area contributed by atoms with E-state index in [-0.39, 0.29) is 6.54 Å². The van der Waals surface area contributed by atoms with Crippen LogP contribution in [-0.2, 0) is 4.79 Å². The second-order valence-corrected chi connectivity index (χ2v) is 2.74. The van der Waals surface area contributed by atoms with E-state index in [9.17, 15) is 4.79 Å². The van der Waals surface area contributed by atoms with Crippen molar-refractivity contribution in [1.82, 2.24) is 4.98 Å². The number of hydrogen-bond acceptors (Lipinski definition) is 4. The van der Waals surface area contributed by atoms with Gasteiger partial charge in [0.05, 0.1) is 6.54 Å². The van der Waals surface area contributed by atoms with E-state index >= 15 is 0 Å². The van der Waals surface area contributed by atoms with Crippen molar-refractivity contribution in [3.05, 3.63) is 18.2 Å². The largest absolute Gasteiger partial charge is 0.384 e. The Bertz CT molecular complexity index is 313. The number of amides is 1. The number of rotatable bonds is 3. The molecule has 70 valence electrons. The van der Waals surface area contributed by atoms with Crippen LogP contribution in [0.2, 0.25) is 0 Å². The number of nitrogens with zero attached hydrogens (tertiary/aromatic N) is 2. The smallest absolute Gasteiger partial charge is 0.236 e. The van der Waals surface area contributed by atoms with E-state index in [1.54, 1.807) is 30.1 Å². The van der Waals surface area contributed by atoms with Crippen molar-refractivity contribution in [3.8, 4) is 0 Å². The summed E-state index contributed by atoms with van der Waals surface area (Å²) in [6.07, 6.45) is 0. The van der Waals surface area contributed by atoms with Crippen LogP contribution in [0.15, 0.2) is 18.2 Å². The summed E-state index contributed by atoms with van der Waals surface area (Å²) >= 11 is 0. The van der Waals surface area contributed by atoms with Crippen molar-refractivity contribution < 1.29 is 4.79 Å². The first kappa shape index (κ1) is 9.31. The quantitative estimate of drug-likeness (QED) is 0.661. The molecule has 1 amide bonds. The normalized spacial score (nSPS) is 9.62. The van der Waals surface area contributed by atoms with Gasteiger partial charge in [0.25, 0.3) is 0 Å². The minimum Gasteiger partial charge on any atom is -0.384 e. The molecule has 0 aliphatic rings. The Morgan fingerprint density at radius 2 is 2.31 bits per heavy atom. The zero-order valence-corrected chi connectivity index (χ0v) is 7.40. The molecule has 0 aliphatic carbocycles. The molecule has 0 spiro atoms. The third-order valence-electron chi connectivity index (χ3n) is 1.54. The fraction of sp³-hybridized carbons (Fsp3) is 0.250. The number of carbonyl (C=O) groups excluding carboxylic acids is 1. The number of aromatic nitrogens is 1. The summed E-state index contributed by atoms with van der Waals surface area (Å²) in [5, 5.41) is 0. The Labute approximate surface area is 76.3 Å². The van der Waals surface area contributed by atoms with Gasteiger partial charge in [-0.15, -0.1) is 0 Å². The van der Waals surface area contributed by atoms with Crippen LogP contribution in [0.3, 0.4) is 0 Å². The lowest BCUT2D eigenvalue weighted by Crippen LogP contribution is -2.31. The van der Waals surface area contributed by atoms with Crippen LogP contribution in [-0.4, -0.2) is 24.5 Å². The van der Waals surface area contributed by atoms with E-state index in [4.69, 9.17) is 11.5 Å². The summed E-state index contributed by atoms with van der Waals surface area (Å²) in [7, 11) is 1.73. The molecule has 1 rings (SSSR count). The molecule has 13 heavy (non-hydrogen) atoms. The number of nitrogen functional groups attached to an aromatic ring is 1. The van der Waals surface area contributed by atoms with Crippen molar-refractivity contribution in [2.45, 2.75) is 0 Å². The molecule has 0 saturated carbocycles. The predicted molar refractivity (Wildman–Crippen MR) is 51.1 cm³/mol. The van der Waals surface area contributed by atoms with Crippen LogP contribution in [0.25, 0.3) is 0 Å². The third kappa shape index (κ3) is 2.62. The van der Waals surface area contributed by atoms with Gasteiger partial charge in [0.15, 0.2) is 0 Å². The lowest BCUT2D eigenvalue weighted by atomic mass is 10.4. The van der Waals surface area contributed by atoms with Gasteiger partial charge in [0, 0.05) is 7.05 Å². The van der Waals surface area contributed by atoms with Crippen LogP contribution in [0.1, 0.15) is 0 Å². The lowest BCUT2D eigenvalue weighted by molar-refractivity contribution is -0.116. The summed E-state index contributed by atoms with van der Waals surface area (Å²) in [6.45, 7) is 0.135. The molecule has 1 aromatic rings. The molecule has 0 saturated heterocycles. The van der Waals surface area contributed by atoms with Gasteiger partial charge in [-0.05, 0) is 12.1 Å². The van der Waals surface area contributed by atoms with Gasteiger partial charge in [-0.3, -0.25) is 4.79 Å². The van der Waals surface area contributed by atoms with E-state index in [1.165, 1.54) is 0 Å². The van der Waals surface area contributed by atoms with Crippen molar-refractivity contribution in [2.75, 3.05) is 24.2 Å². The van der Waals surface area contributed by atoms with Crippen LogP contribution in [0, 0.1) is 0 Å². The number of primary amides is 1. The van der Waals surface area contributed by atoms with E-state index in [1.807, 2.05) is 0 Å². The fourth-order valence-electron chi connectivity index (χ4n) is 0.967. The first-order valence-corrected chi connectivity index (χ1v) is 3.81. The van der Waals surface area contributed by atoms with Gasteiger partial charge >= 0.3 is 0 Å². The Kier molecular flexibility index (Phi) is 2.69. The highest BCUT2D eigenvalue weighted by Gasteiger charge is 2.04. The zero-order valence-electron chi connectivity index (χ0n) is 7.40. The van der Waals surface area contributed by atoms with Crippen molar-refractivity contribution >= 4 is 17.5 Å². The molecule has 0 aromatic carbocycles. The average molecular weight is 180 g/mol. The summed E-state index contributed by atoms with van der Waals surface area (Å²) in [5.41, 5.74) is 10.5. The number of likely N-dealkylation sites (N-methyl/N-ethyl adjacent to an activating group) is 1. The molecule has 5 nitrogen and oxygen atoms in total. The third-order valence-corrected chi connectivity index (χ3v) is 1.54. The van der Waals surface area contributed by atoms with Crippen LogP contribution in [0.5, 0.6) is 0 Å². The number of carbonyl (C=O) groups is 1. The Hall–Kier alpha value is -1.78. The van der Waals surface area contributed by atoms with Gasteiger partial charge in [-0.1, -0.05) is 6.07 Å². The van der Waals surface area contributed by atoms with E-state index in [0.29, 0.717) is 11.6 Å². The maximum Gasteiger partial charge on any atom is 0.236 e. The van der Waals surface area contributed by atoms with Gasteiger partial charge in [-0.25, -0.2) is 4.98 Å².